The van der Waals surface area contributed by atoms with E-state index in [1.54, 1.807) is 0 Å². The molecule has 2 rings (SSSR count). The highest BCUT2D eigenvalue weighted by Gasteiger charge is 2.41. The number of carbonyl (C=O) groups is 2. The summed E-state index contributed by atoms with van der Waals surface area (Å²) < 4.78 is 64.7. The summed E-state index contributed by atoms with van der Waals surface area (Å²) in [4.78, 5) is 22.0. The summed E-state index contributed by atoms with van der Waals surface area (Å²) in [6.07, 6.45) is -6.18. The lowest BCUT2D eigenvalue weighted by Crippen LogP contribution is -2.21. The van der Waals surface area contributed by atoms with Gasteiger partial charge in [0.1, 0.15) is 0 Å². The summed E-state index contributed by atoms with van der Waals surface area (Å²) in [5.41, 5.74) is 6.93. The summed E-state index contributed by atoms with van der Waals surface area (Å²) >= 11 is 2.28. The highest BCUT2D eigenvalue weighted by atomic mass is 127. The maximum absolute atomic E-state index is 10.6. The van der Waals surface area contributed by atoms with Crippen LogP contribution in [-0.4, -0.2) is 39.5 Å². The maximum atomic E-state index is 10.6. The Balaban J connectivity index is 0.000000366. The number of pyridine rings is 1. The number of aromatic nitrogens is 1. The molecule has 0 saturated heterocycles. The number of aliphatic carboxylic acids is 2. The van der Waals surface area contributed by atoms with Crippen LogP contribution in [0.2, 0.25) is 0 Å². The van der Waals surface area contributed by atoms with Crippen LogP contribution in [-0.2, 0) is 15.1 Å². The fourth-order valence-electron chi connectivity index (χ4n) is 1.07. The Morgan fingerprint density at radius 1 is 1.08 bits per heavy atom. The molecule has 0 spiro atoms. The van der Waals surface area contributed by atoms with Crippen molar-refractivity contribution in [2.45, 2.75) is 30.7 Å². The van der Waals surface area contributed by atoms with Gasteiger partial charge in [-0.05, 0) is 47.6 Å². The quantitative estimate of drug-likeness (QED) is 0.414. The van der Waals surface area contributed by atoms with Gasteiger partial charge in [0.05, 0.1) is 11.2 Å². The van der Waals surface area contributed by atoms with Crippen LogP contribution in [0.5, 0.6) is 0 Å². The van der Waals surface area contributed by atoms with Crippen molar-refractivity contribution in [1.82, 2.24) is 4.98 Å². The van der Waals surface area contributed by atoms with Crippen molar-refractivity contribution in [2.24, 2.45) is 5.73 Å². The van der Waals surface area contributed by atoms with E-state index in [0.29, 0.717) is 0 Å². The lowest BCUT2D eigenvalue weighted by atomic mass is 10.2. The van der Waals surface area contributed by atoms with E-state index in [1.165, 1.54) is 3.57 Å². The third-order valence-electron chi connectivity index (χ3n) is 2.51. The minimum Gasteiger partial charge on any atom is -0.475 e. The van der Waals surface area contributed by atoms with Gasteiger partial charge in [-0.1, -0.05) is 0 Å². The van der Waals surface area contributed by atoms with Gasteiger partial charge >= 0.3 is 24.3 Å². The van der Waals surface area contributed by atoms with Crippen LogP contribution in [0.4, 0.5) is 26.3 Å². The zero-order chi connectivity index (χ0) is 20.1. The fourth-order valence-corrected chi connectivity index (χ4v) is 1.52. The van der Waals surface area contributed by atoms with Gasteiger partial charge in [-0.25, -0.2) is 9.59 Å². The Hall–Kier alpha value is -1.64. The van der Waals surface area contributed by atoms with E-state index in [9.17, 15) is 26.3 Å². The van der Waals surface area contributed by atoms with Crippen LogP contribution in [0.15, 0.2) is 18.3 Å². The molecule has 1 aromatic heterocycles. The predicted molar refractivity (Wildman–Crippen MR) is 79.4 cm³/mol. The number of carboxylic acids is 2. The van der Waals surface area contributed by atoms with Gasteiger partial charge in [-0.3, -0.25) is 4.98 Å². The minimum atomic E-state index is -5.08. The standard InChI is InChI=1S/C8H9IN2.2C2HF3O2/c9-6-1-4-11-7(5-6)8(10)2-3-8;2*3-2(4,5)1(6)7/h1,4-5H,2-3,10H2;2*(H,6,7). The van der Waals surface area contributed by atoms with Gasteiger partial charge in [0.2, 0.25) is 0 Å². The van der Waals surface area contributed by atoms with Crippen molar-refractivity contribution in [3.05, 3.63) is 27.6 Å². The number of rotatable bonds is 1. The first kappa shape index (κ1) is 23.4. The van der Waals surface area contributed by atoms with Crippen molar-refractivity contribution in [3.8, 4) is 0 Å². The predicted octanol–water partition coefficient (Wildman–Crippen LogP) is 2.90. The molecule has 1 aliphatic rings. The van der Waals surface area contributed by atoms with E-state index in [2.05, 4.69) is 33.6 Å². The van der Waals surface area contributed by atoms with Crippen molar-refractivity contribution in [3.63, 3.8) is 0 Å². The van der Waals surface area contributed by atoms with E-state index in [4.69, 9.17) is 25.5 Å². The minimum absolute atomic E-state index is 0.0822. The average molecular weight is 488 g/mol. The summed E-state index contributed by atoms with van der Waals surface area (Å²) in [5, 5.41) is 14.2. The Bertz CT molecular complexity index is 592. The van der Waals surface area contributed by atoms with Crippen LogP contribution in [0.3, 0.4) is 0 Å². The second-order valence-electron chi connectivity index (χ2n) is 4.62. The molecular formula is C12H11F6IN2O4. The smallest absolute Gasteiger partial charge is 0.475 e. The van der Waals surface area contributed by atoms with Gasteiger partial charge in [-0.2, -0.15) is 26.3 Å². The zero-order valence-electron chi connectivity index (χ0n) is 12.0. The number of alkyl halides is 6. The Morgan fingerprint density at radius 2 is 1.44 bits per heavy atom. The van der Waals surface area contributed by atoms with Crippen LogP contribution < -0.4 is 5.73 Å². The molecule has 25 heavy (non-hydrogen) atoms. The van der Waals surface area contributed by atoms with Crippen molar-refractivity contribution >= 4 is 34.5 Å². The zero-order valence-corrected chi connectivity index (χ0v) is 14.2. The number of halogens is 7. The maximum Gasteiger partial charge on any atom is 0.490 e. The molecule has 142 valence electrons. The van der Waals surface area contributed by atoms with Crippen molar-refractivity contribution in [1.29, 1.82) is 0 Å². The van der Waals surface area contributed by atoms with E-state index < -0.39 is 24.3 Å². The molecule has 0 aliphatic heterocycles. The van der Waals surface area contributed by atoms with Gasteiger partial charge < -0.3 is 15.9 Å². The molecule has 0 unspecified atom stereocenters. The van der Waals surface area contributed by atoms with E-state index in [0.717, 1.165) is 18.5 Å². The Labute approximate surface area is 150 Å². The van der Waals surface area contributed by atoms with Crippen LogP contribution in [0.1, 0.15) is 18.5 Å². The van der Waals surface area contributed by atoms with Crippen molar-refractivity contribution in [2.75, 3.05) is 0 Å². The molecule has 4 N–H and O–H groups in total. The third kappa shape index (κ3) is 9.42. The molecule has 0 amide bonds. The summed E-state index contributed by atoms with van der Waals surface area (Å²) in [6.45, 7) is 0. The van der Waals surface area contributed by atoms with E-state index in [-0.39, 0.29) is 5.54 Å². The molecule has 1 heterocycles. The average Bonchev–Trinajstić information content (AvgIpc) is 3.17. The first-order valence-electron chi connectivity index (χ1n) is 6.11. The topological polar surface area (TPSA) is 114 Å². The lowest BCUT2D eigenvalue weighted by molar-refractivity contribution is -0.193. The molecule has 0 bridgehead atoms. The highest BCUT2D eigenvalue weighted by molar-refractivity contribution is 14.1. The fraction of sp³-hybridized carbons (Fsp3) is 0.417. The molecule has 1 aliphatic carbocycles. The molecular weight excluding hydrogens is 477 g/mol. The molecule has 0 radical (unpaired) electrons. The van der Waals surface area contributed by atoms with E-state index in [1.807, 2.05) is 12.3 Å². The van der Waals surface area contributed by atoms with Crippen LogP contribution >= 0.6 is 22.6 Å². The monoisotopic (exact) mass is 488 g/mol. The molecule has 1 fully saturated rings. The third-order valence-corrected chi connectivity index (χ3v) is 3.18. The second-order valence-corrected chi connectivity index (χ2v) is 5.87. The van der Waals surface area contributed by atoms with Crippen LogP contribution in [0, 0.1) is 3.57 Å². The molecule has 0 atom stereocenters. The summed E-state index contributed by atoms with van der Waals surface area (Å²) in [7, 11) is 0. The van der Waals surface area contributed by atoms with Gasteiger partial charge in [0.15, 0.2) is 0 Å². The number of nitrogens with zero attached hydrogens (tertiary/aromatic N) is 1. The lowest BCUT2D eigenvalue weighted by Gasteiger charge is -2.06. The Kier molecular flexibility index (Phi) is 8.07. The summed E-state index contributed by atoms with van der Waals surface area (Å²) in [5.74, 6) is -5.51. The highest BCUT2D eigenvalue weighted by Crippen LogP contribution is 2.41. The molecule has 0 aromatic carbocycles. The van der Waals surface area contributed by atoms with Gasteiger partial charge in [0, 0.05) is 9.77 Å². The number of carboxylic acid groups (broad SMARTS) is 2. The van der Waals surface area contributed by atoms with Crippen molar-refractivity contribution < 1.29 is 46.1 Å². The SMILES string of the molecule is NC1(c2cc(I)ccn2)CC1.O=C(O)C(F)(F)F.O=C(O)C(F)(F)F. The number of hydrogen-bond acceptors (Lipinski definition) is 4. The summed E-state index contributed by atoms with van der Waals surface area (Å²) in [6, 6.07) is 4.04. The number of nitrogens with two attached hydrogens (primary N) is 1. The molecule has 13 heteroatoms. The first-order chi connectivity index (χ1) is 11.1. The largest absolute Gasteiger partial charge is 0.490 e. The van der Waals surface area contributed by atoms with E-state index >= 15 is 0 Å². The Morgan fingerprint density at radius 3 is 1.68 bits per heavy atom. The molecule has 6 nitrogen and oxygen atoms in total. The second kappa shape index (κ2) is 8.64. The molecule has 1 aromatic rings. The van der Waals surface area contributed by atoms with Crippen LogP contribution in [0.25, 0.3) is 0 Å². The first-order valence-corrected chi connectivity index (χ1v) is 7.18. The van der Waals surface area contributed by atoms with Gasteiger partial charge in [0.25, 0.3) is 0 Å². The number of hydrogen-bond donors (Lipinski definition) is 3. The molecule has 1 saturated carbocycles. The van der Waals surface area contributed by atoms with Gasteiger partial charge in [-0.15, -0.1) is 0 Å². The normalized spacial score (nSPS) is 15.0.